The van der Waals surface area contributed by atoms with E-state index in [-0.39, 0.29) is 25.0 Å². The van der Waals surface area contributed by atoms with Crippen molar-refractivity contribution in [3.63, 3.8) is 0 Å². The van der Waals surface area contributed by atoms with Gasteiger partial charge in [-0.15, -0.1) is 0 Å². The molecule has 0 bridgehead atoms. The molecule has 0 heterocycles. The normalized spacial score (nSPS) is 11.7. The lowest BCUT2D eigenvalue weighted by molar-refractivity contribution is -0.142. The molecule has 0 aromatic heterocycles. The second-order valence-electron chi connectivity index (χ2n) is 7.88. The molecule has 2 rings (SSSR count). The fourth-order valence-corrected chi connectivity index (χ4v) is 3.02. The van der Waals surface area contributed by atoms with Gasteiger partial charge in [0.2, 0.25) is 5.91 Å². The van der Waals surface area contributed by atoms with Gasteiger partial charge in [-0.25, -0.2) is 0 Å². The predicted octanol–water partition coefficient (Wildman–Crippen LogP) is 4.23. The summed E-state index contributed by atoms with van der Waals surface area (Å²) in [6.07, 6.45) is 0. The van der Waals surface area contributed by atoms with E-state index < -0.39 is 6.04 Å². The number of halogens is 1. The molecule has 0 saturated carbocycles. The average Bonchev–Trinajstić information content (AvgIpc) is 2.76. The summed E-state index contributed by atoms with van der Waals surface area (Å²) >= 11 is 6.05. The smallest absolute Gasteiger partial charge is 0.261 e. The number of carbonyl (C=O) groups is 2. The van der Waals surface area contributed by atoms with Crippen molar-refractivity contribution in [1.82, 2.24) is 10.2 Å². The van der Waals surface area contributed by atoms with Crippen molar-refractivity contribution < 1.29 is 19.1 Å². The van der Waals surface area contributed by atoms with Gasteiger partial charge in [0.25, 0.3) is 5.91 Å². The van der Waals surface area contributed by atoms with Crippen LogP contribution in [-0.2, 0) is 16.1 Å². The number of aryl methyl sites for hydroxylation is 1. The highest BCUT2D eigenvalue weighted by atomic mass is 35.5. The molecule has 0 aliphatic carbocycles. The van der Waals surface area contributed by atoms with Crippen molar-refractivity contribution in [3.8, 4) is 11.5 Å². The van der Waals surface area contributed by atoms with Crippen molar-refractivity contribution in [2.45, 2.75) is 40.3 Å². The van der Waals surface area contributed by atoms with E-state index in [9.17, 15) is 9.59 Å². The Balaban J connectivity index is 2.14. The van der Waals surface area contributed by atoms with Crippen molar-refractivity contribution >= 4 is 23.4 Å². The Hall–Kier alpha value is -2.73. The van der Waals surface area contributed by atoms with Crippen molar-refractivity contribution in [3.05, 3.63) is 58.6 Å². The Kier molecular flexibility index (Phi) is 9.19. The van der Waals surface area contributed by atoms with Crippen LogP contribution in [0.5, 0.6) is 11.5 Å². The zero-order chi connectivity index (χ0) is 23.0. The van der Waals surface area contributed by atoms with Gasteiger partial charge in [0.15, 0.2) is 6.61 Å². The van der Waals surface area contributed by atoms with Gasteiger partial charge >= 0.3 is 0 Å². The molecule has 1 atom stereocenters. The molecule has 0 unspecified atom stereocenters. The maximum absolute atomic E-state index is 13.1. The van der Waals surface area contributed by atoms with Crippen LogP contribution in [0.15, 0.2) is 42.5 Å². The van der Waals surface area contributed by atoms with Crippen LogP contribution < -0.4 is 14.8 Å². The summed E-state index contributed by atoms with van der Waals surface area (Å²) in [5.74, 6) is 1.12. The number of ether oxygens (including phenoxy) is 2. The van der Waals surface area contributed by atoms with Crippen LogP contribution >= 0.6 is 11.6 Å². The number of amides is 2. The number of nitrogens with one attached hydrogen (secondary N) is 1. The number of nitrogens with zero attached hydrogens (tertiary/aromatic N) is 1. The zero-order valence-electron chi connectivity index (χ0n) is 18.8. The third-order valence-corrected chi connectivity index (χ3v) is 5.28. The van der Waals surface area contributed by atoms with E-state index in [0.29, 0.717) is 23.2 Å². The van der Waals surface area contributed by atoms with Crippen molar-refractivity contribution in [2.24, 2.45) is 5.92 Å². The molecule has 2 amide bonds. The van der Waals surface area contributed by atoms with Crippen LogP contribution in [0, 0.1) is 12.8 Å². The molecule has 2 aromatic rings. The Morgan fingerprint density at radius 1 is 1.06 bits per heavy atom. The summed E-state index contributed by atoms with van der Waals surface area (Å²) in [6, 6.07) is 12.0. The standard InChI is InChI=1S/C24H31ClN2O4/c1-16(2)13-26-24(29)18(4)27(14-19-6-8-20(30-5)9-7-19)23(28)15-31-21-10-11-22(25)17(3)12-21/h6-12,16,18H,13-15H2,1-5H3,(H,26,29)/t18-/m0/s1. The largest absolute Gasteiger partial charge is 0.497 e. The van der Waals surface area contributed by atoms with Gasteiger partial charge in [0.1, 0.15) is 17.5 Å². The lowest BCUT2D eigenvalue weighted by Crippen LogP contribution is -2.49. The van der Waals surface area contributed by atoms with Gasteiger partial charge < -0.3 is 19.7 Å². The maximum Gasteiger partial charge on any atom is 0.261 e. The zero-order valence-corrected chi connectivity index (χ0v) is 19.5. The van der Waals surface area contributed by atoms with Crippen LogP contribution in [0.2, 0.25) is 5.02 Å². The molecule has 0 spiro atoms. The minimum atomic E-state index is -0.649. The quantitative estimate of drug-likeness (QED) is 0.593. The highest BCUT2D eigenvalue weighted by Crippen LogP contribution is 2.21. The molecular weight excluding hydrogens is 416 g/mol. The lowest BCUT2D eigenvalue weighted by Gasteiger charge is -2.29. The van der Waals surface area contributed by atoms with E-state index >= 15 is 0 Å². The Labute approximate surface area is 189 Å². The first-order valence-electron chi connectivity index (χ1n) is 10.3. The first-order chi connectivity index (χ1) is 14.7. The number of hydrogen-bond acceptors (Lipinski definition) is 4. The van der Waals surface area contributed by atoms with Crippen LogP contribution in [0.4, 0.5) is 0 Å². The number of hydrogen-bond donors (Lipinski definition) is 1. The summed E-state index contributed by atoms with van der Waals surface area (Å²) in [5, 5.41) is 3.53. The highest BCUT2D eigenvalue weighted by molar-refractivity contribution is 6.31. The molecule has 2 aromatic carbocycles. The Morgan fingerprint density at radius 3 is 2.29 bits per heavy atom. The first-order valence-corrected chi connectivity index (χ1v) is 10.7. The second-order valence-corrected chi connectivity index (χ2v) is 8.29. The minimum Gasteiger partial charge on any atom is -0.497 e. The van der Waals surface area contributed by atoms with E-state index in [1.807, 2.05) is 45.0 Å². The van der Waals surface area contributed by atoms with E-state index in [1.165, 1.54) is 4.90 Å². The molecule has 7 heteroatoms. The van der Waals surface area contributed by atoms with E-state index in [4.69, 9.17) is 21.1 Å². The van der Waals surface area contributed by atoms with Gasteiger partial charge in [0.05, 0.1) is 7.11 Å². The fraction of sp³-hybridized carbons (Fsp3) is 0.417. The molecule has 0 aliphatic rings. The molecule has 1 N–H and O–H groups in total. The molecule has 6 nitrogen and oxygen atoms in total. The molecule has 0 fully saturated rings. The fourth-order valence-electron chi connectivity index (χ4n) is 2.90. The van der Waals surface area contributed by atoms with E-state index in [0.717, 1.165) is 16.9 Å². The van der Waals surface area contributed by atoms with Crippen LogP contribution in [0.3, 0.4) is 0 Å². The molecule has 0 radical (unpaired) electrons. The topological polar surface area (TPSA) is 67.9 Å². The number of methoxy groups -OCH3 is 1. The lowest BCUT2D eigenvalue weighted by atomic mass is 10.1. The molecular formula is C24H31ClN2O4. The van der Waals surface area contributed by atoms with Gasteiger partial charge in [-0.3, -0.25) is 9.59 Å². The first kappa shape index (κ1) is 24.5. The summed E-state index contributed by atoms with van der Waals surface area (Å²) in [6.45, 7) is 8.29. The summed E-state index contributed by atoms with van der Waals surface area (Å²) < 4.78 is 10.9. The Bertz CT molecular complexity index is 884. The van der Waals surface area contributed by atoms with E-state index in [2.05, 4.69) is 5.32 Å². The third-order valence-electron chi connectivity index (χ3n) is 4.86. The SMILES string of the molecule is COc1ccc(CN(C(=O)COc2ccc(Cl)c(C)c2)[C@@H](C)C(=O)NCC(C)C)cc1. The summed E-state index contributed by atoms with van der Waals surface area (Å²) in [7, 11) is 1.60. The van der Waals surface area contributed by atoms with Gasteiger partial charge in [-0.2, -0.15) is 0 Å². The number of rotatable bonds is 10. The molecule has 0 saturated heterocycles. The van der Waals surface area contributed by atoms with Crippen LogP contribution in [-0.4, -0.2) is 43.0 Å². The van der Waals surface area contributed by atoms with Gasteiger partial charge in [-0.05, 0) is 61.2 Å². The minimum absolute atomic E-state index is 0.182. The third kappa shape index (κ3) is 7.47. The molecule has 31 heavy (non-hydrogen) atoms. The summed E-state index contributed by atoms with van der Waals surface area (Å²) in [5.41, 5.74) is 1.75. The monoisotopic (exact) mass is 446 g/mol. The van der Waals surface area contributed by atoms with Crippen LogP contribution in [0.1, 0.15) is 31.9 Å². The summed E-state index contributed by atoms with van der Waals surface area (Å²) in [4.78, 5) is 27.2. The number of benzene rings is 2. The highest BCUT2D eigenvalue weighted by Gasteiger charge is 2.26. The Morgan fingerprint density at radius 2 is 1.71 bits per heavy atom. The molecule has 0 aliphatic heterocycles. The van der Waals surface area contributed by atoms with E-state index in [1.54, 1.807) is 32.2 Å². The van der Waals surface area contributed by atoms with Gasteiger partial charge in [-0.1, -0.05) is 37.6 Å². The van der Waals surface area contributed by atoms with Gasteiger partial charge in [0, 0.05) is 18.1 Å². The van der Waals surface area contributed by atoms with Crippen LogP contribution in [0.25, 0.3) is 0 Å². The maximum atomic E-state index is 13.1. The van der Waals surface area contributed by atoms with Crippen molar-refractivity contribution in [2.75, 3.05) is 20.3 Å². The predicted molar refractivity (Wildman–Crippen MR) is 123 cm³/mol. The second kappa shape index (κ2) is 11.6. The molecule has 168 valence electrons. The average molecular weight is 447 g/mol. The van der Waals surface area contributed by atoms with Crippen molar-refractivity contribution in [1.29, 1.82) is 0 Å². The number of carbonyl (C=O) groups excluding carboxylic acids is 2.